The van der Waals surface area contributed by atoms with Crippen LogP contribution < -0.4 is 0 Å². The summed E-state index contributed by atoms with van der Waals surface area (Å²) in [5, 5.41) is 9.37. The Morgan fingerprint density at radius 2 is 1.98 bits per heavy atom. The molecule has 0 bridgehead atoms. The van der Waals surface area contributed by atoms with Crippen molar-refractivity contribution in [3.8, 4) is 23.0 Å². The number of benzene rings is 1. The fourth-order valence-corrected chi connectivity index (χ4v) is 5.72. The summed E-state index contributed by atoms with van der Waals surface area (Å²) in [7, 11) is 0. The molecule has 0 unspecified atom stereocenters. The number of fused-ring (bicyclic) bond motifs is 1. The van der Waals surface area contributed by atoms with E-state index >= 15 is 0 Å². The Bertz CT molecular complexity index is 1460. The number of nitrogens with zero attached hydrogens (tertiary/aromatic N) is 5. The fraction of sp³-hybridized carbons (Fsp3) is 0.469. The fourth-order valence-electron chi connectivity index (χ4n) is 5.72. The summed E-state index contributed by atoms with van der Waals surface area (Å²) >= 11 is 0. The summed E-state index contributed by atoms with van der Waals surface area (Å²) in [5.41, 5.74) is 9.20. The molecular weight excluding hydrogens is 502 g/mol. The molecular formula is C32H39N5O3. The van der Waals surface area contributed by atoms with Crippen LogP contribution in [0.1, 0.15) is 80.0 Å². The summed E-state index contributed by atoms with van der Waals surface area (Å²) in [6, 6.07) is 8.29. The molecule has 0 amide bonds. The molecule has 1 aromatic carbocycles. The lowest BCUT2D eigenvalue weighted by Crippen LogP contribution is -2.24. The van der Waals surface area contributed by atoms with Gasteiger partial charge >= 0.3 is 5.97 Å². The van der Waals surface area contributed by atoms with Gasteiger partial charge in [-0.1, -0.05) is 25.1 Å². The van der Waals surface area contributed by atoms with Crippen molar-refractivity contribution < 1.29 is 14.1 Å². The number of rotatable bonds is 10. The first-order valence-corrected chi connectivity index (χ1v) is 14.3. The van der Waals surface area contributed by atoms with Crippen molar-refractivity contribution in [2.24, 2.45) is 5.41 Å². The largest absolute Gasteiger partial charge is 0.466 e. The number of carbonyl (C=O) groups excluding carboxylic acids is 1. The van der Waals surface area contributed by atoms with E-state index in [9.17, 15) is 4.79 Å². The Balaban J connectivity index is 1.37. The Kier molecular flexibility index (Phi) is 8.14. The molecule has 0 fully saturated rings. The summed E-state index contributed by atoms with van der Waals surface area (Å²) in [5.74, 6) is 0.919. The third-order valence-electron chi connectivity index (χ3n) is 7.87. The molecule has 40 heavy (non-hydrogen) atoms. The Hall–Kier alpha value is -3.81. The molecule has 0 saturated carbocycles. The summed E-state index contributed by atoms with van der Waals surface area (Å²) in [6.45, 7) is 11.8. The van der Waals surface area contributed by atoms with Crippen LogP contribution in [0.2, 0.25) is 0 Å². The van der Waals surface area contributed by atoms with Crippen molar-refractivity contribution in [3.05, 3.63) is 70.2 Å². The molecule has 0 radical (unpaired) electrons. The molecule has 1 aliphatic rings. The number of hydrogen-bond donors (Lipinski definition) is 0. The van der Waals surface area contributed by atoms with Gasteiger partial charge in [0.05, 0.1) is 13.2 Å². The smallest absolute Gasteiger partial charge is 0.305 e. The number of aryl methyl sites for hydroxylation is 2. The molecule has 3 aromatic heterocycles. The average Bonchev–Trinajstić information content (AvgIpc) is 3.53. The van der Waals surface area contributed by atoms with Gasteiger partial charge in [0.2, 0.25) is 5.82 Å². The van der Waals surface area contributed by atoms with Crippen molar-refractivity contribution in [2.75, 3.05) is 6.61 Å². The van der Waals surface area contributed by atoms with Crippen LogP contribution in [-0.2, 0) is 35.3 Å². The zero-order valence-corrected chi connectivity index (χ0v) is 24.3. The third-order valence-corrected chi connectivity index (χ3v) is 7.87. The number of hydrogen-bond acceptors (Lipinski definition) is 7. The quantitative estimate of drug-likeness (QED) is 0.168. The molecule has 210 valence electrons. The van der Waals surface area contributed by atoms with E-state index in [-0.39, 0.29) is 11.4 Å². The van der Waals surface area contributed by atoms with E-state index in [2.05, 4.69) is 60.7 Å². The van der Waals surface area contributed by atoms with Gasteiger partial charge in [-0.05, 0) is 105 Å². The minimum absolute atomic E-state index is 0.119. The predicted molar refractivity (Wildman–Crippen MR) is 154 cm³/mol. The minimum atomic E-state index is -0.119. The van der Waals surface area contributed by atoms with Gasteiger partial charge in [0.1, 0.15) is 0 Å². The average molecular weight is 542 g/mol. The molecule has 1 aliphatic carbocycles. The SMILES string of the molecule is CCOC(=O)CCCCc1c(C)cc(-c2noc(-c3nn(Cc4cccnc4)c4c3CCC(C)(C)C4)n2)cc1C. The molecule has 5 rings (SSSR count). The van der Waals surface area contributed by atoms with Crippen LogP contribution in [0.5, 0.6) is 0 Å². The number of aromatic nitrogens is 5. The second-order valence-electron chi connectivity index (χ2n) is 11.7. The van der Waals surface area contributed by atoms with Crippen LogP contribution in [0.3, 0.4) is 0 Å². The third kappa shape index (κ3) is 6.16. The van der Waals surface area contributed by atoms with Gasteiger partial charge in [0.25, 0.3) is 5.89 Å². The predicted octanol–water partition coefficient (Wildman–Crippen LogP) is 6.45. The Morgan fingerprint density at radius 1 is 1.18 bits per heavy atom. The maximum absolute atomic E-state index is 11.6. The highest BCUT2D eigenvalue weighted by Gasteiger charge is 2.33. The van der Waals surface area contributed by atoms with Gasteiger partial charge in [-0.3, -0.25) is 14.5 Å². The number of pyridine rings is 1. The van der Waals surface area contributed by atoms with Crippen molar-refractivity contribution in [1.82, 2.24) is 24.9 Å². The lowest BCUT2D eigenvalue weighted by Gasteiger charge is -2.30. The number of carbonyl (C=O) groups is 1. The van der Waals surface area contributed by atoms with Gasteiger partial charge in [-0.15, -0.1) is 0 Å². The van der Waals surface area contributed by atoms with Gasteiger partial charge < -0.3 is 9.26 Å². The monoisotopic (exact) mass is 541 g/mol. The molecule has 0 saturated heterocycles. The highest BCUT2D eigenvalue weighted by Crippen LogP contribution is 2.39. The highest BCUT2D eigenvalue weighted by atomic mass is 16.5. The number of esters is 1. The Morgan fingerprint density at radius 3 is 2.70 bits per heavy atom. The molecule has 8 heteroatoms. The van der Waals surface area contributed by atoms with E-state index in [1.54, 1.807) is 6.20 Å². The summed E-state index contributed by atoms with van der Waals surface area (Å²) in [6.07, 6.45) is 9.81. The van der Waals surface area contributed by atoms with E-state index in [4.69, 9.17) is 19.3 Å². The second-order valence-corrected chi connectivity index (χ2v) is 11.7. The van der Waals surface area contributed by atoms with Gasteiger partial charge in [-0.25, -0.2) is 0 Å². The molecule has 3 heterocycles. The van der Waals surface area contributed by atoms with Gasteiger partial charge in [0.15, 0.2) is 5.69 Å². The standard InChI is InChI=1S/C32H39N5O3/c1-6-39-28(38)12-8-7-11-25-21(2)16-24(17-22(25)3)30-34-31(40-36-30)29-26-13-14-32(4,5)18-27(26)37(35-29)20-23-10-9-15-33-19-23/h9-10,15-17,19H,6-8,11-14,18,20H2,1-5H3. The van der Waals surface area contributed by atoms with Crippen molar-refractivity contribution >= 4 is 5.97 Å². The topological polar surface area (TPSA) is 95.9 Å². The van der Waals surface area contributed by atoms with Crippen molar-refractivity contribution in [3.63, 3.8) is 0 Å². The zero-order valence-electron chi connectivity index (χ0n) is 24.3. The van der Waals surface area contributed by atoms with Crippen molar-refractivity contribution in [2.45, 2.75) is 86.1 Å². The van der Waals surface area contributed by atoms with Gasteiger partial charge in [-0.2, -0.15) is 10.1 Å². The number of ether oxygens (including phenoxy) is 1. The first-order chi connectivity index (χ1) is 19.2. The summed E-state index contributed by atoms with van der Waals surface area (Å²) in [4.78, 5) is 20.7. The molecule has 0 spiro atoms. The molecule has 0 N–H and O–H groups in total. The zero-order chi connectivity index (χ0) is 28.3. The van der Waals surface area contributed by atoms with Crippen LogP contribution in [0.15, 0.2) is 41.2 Å². The molecule has 0 atom stereocenters. The normalized spacial score (nSPS) is 14.2. The van der Waals surface area contributed by atoms with E-state index in [0.717, 1.165) is 55.3 Å². The van der Waals surface area contributed by atoms with Crippen LogP contribution >= 0.6 is 0 Å². The maximum Gasteiger partial charge on any atom is 0.305 e. The van der Waals surface area contributed by atoms with E-state index in [0.29, 0.717) is 31.3 Å². The van der Waals surface area contributed by atoms with E-state index in [1.165, 1.54) is 27.9 Å². The minimum Gasteiger partial charge on any atom is -0.466 e. The van der Waals surface area contributed by atoms with Crippen LogP contribution in [0.25, 0.3) is 23.0 Å². The van der Waals surface area contributed by atoms with Crippen LogP contribution in [0.4, 0.5) is 0 Å². The van der Waals surface area contributed by atoms with Crippen molar-refractivity contribution in [1.29, 1.82) is 0 Å². The molecule has 4 aromatic rings. The maximum atomic E-state index is 11.6. The lowest BCUT2D eigenvalue weighted by molar-refractivity contribution is -0.143. The van der Waals surface area contributed by atoms with E-state index < -0.39 is 0 Å². The lowest BCUT2D eigenvalue weighted by atomic mass is 9.76. The highest BCUT2D eigenvalue weighted by molar-refractivity contribution is 5.69. The Labute approximate surface area is 236 Å². The number of unbranched alkanes of at least 4 members (excludes halogenated alkanes) is 1. The van der Waals surface area contributed by atoms with Gasteiger partial charge in [0, 0.05) is 35.6 Å². The first kappa shape index (κ1) is 27.7. The molecule has 8 nitrogen and oxygen atoms in total. The van der Waals surface area contributed by atoms with E-state index in [1.807, 2.05) is 19.2 Å². The van der Waals surface area contributed by atoms with Crippen LogP contribution in [0, 0.1) is 19.3 Å². The van der Waals surface area contributed by atoms with Crippen LogP contribution in [-0.4, -0.2) is 37.5 Å². The molecule has 0 aliphatic heterocycles. The second kappa shape index (κ2) is 11.7. The first-order valence-electron chi connectivity index (χ1n) is 14.3. The summed E-state index contributed by atoms with van der Waals surface area (Å²) < 4.78 is 13.0.